The SMILES string of the molecule is CCCNC(CC)(C(=O)OCC)c1ccc(F)cn1. The predicted octanol–water partition coefficient (Wildman–Crippen LogP) is 2.39. The van der Waals surface area contributed by atoms with Crippen molar-refractivity contribution in [3.63, 3.8) is 0 Å². The lowest BCUT2D eigenvalue weighted by atomic mass is 9.91. The third-order valence-electron chi connectivity index (χ3n) is 3.00. The van der Waals surface area contributed by atoms with Crippen molar-refractivity contribution in [1.82, 2.24) is 10.3 Å². The molecule has 1 N–H and O–H groups in total. The Morgan fingerprint density at radius 3 is 2.63 bits per heavy atom. The Hall–Kier alpha value is -1.49. The van der Waals surface area contributed by atoms with E-state index in [1.54, 1.807) is 6.92 Å². The number of hydrogen-bond acceptors (Lipinski definition) is 4. The van der Waals surface area contributed by atoms with E-state index in [0.717, 1.165) is 12.6 Å². The molecular formula is C14H21FN2O2. The lowest BCUT2D eigenvalue weighted by Crippen LogP contribution is -2.50. The standard InChI is InChI=1S/C14H21FN2O2/c1-4-9-17-14(5-2,13(18)19-6-3)12-8-7-11(15)10-16-12/h7-8,10,17H,4-6,9H2,1-3H3. The quantitative estimate of drug-likeness (QED) is 0.771. The molecule has 0 aromatic carbocycles. The molecular weight excluding hydrogens is 247 g/mol. The zero-order valence-corrected chi connectivity index (χ0v) is 11.7. The summed E-state index contributed by atoms with van der Waals surface area (Å²) in [5.41, 5.74) is -0.511. The largest absolute Gasteiger partial charge is 0.464 e. The Labute approximate surface area is 113 Å². The number of esters is 1. The van der Waals surface area contributed by atoms with Crippen LogP contribution in [0.1, 0.15) is 39.3 Å². The summed E-state index contributed by atoms with van der Waals surface area (Å²) >= 11 is 0. The van der Waals surface area contributed by atoms with Crippen LogP contribution >= 0.6 is 0 Å². The first-order chi connectivity index (χ1) is 9.10. The molecule has 0 aliphatic heterocycles. The van der Waals surface area contributed by atoms with Gasteiger partial charge in [0.1, 0.15) is 5.82 Å². The Morgan fingerprint density at radius 2 is 2.16 bits per heavy atom. The topological polar surface area (TPSA) is 51.2 Å². The molecule has 0 aliphatic rings. The number of halogens is 1. The summed E-state index contributed by atoms with van der Waals surface area (Å²) in [6, 6.07) is 2.83. The fourth-order valence-electron chi connectivity index (χ4n) is 1.94. The molecule has 1 heterocycles. The summed E-state index contributed by atoms with van der Waals surface area (Å²) in [6.45, 7) is 6.61. The zero-order valence-electron chi connectivity index (χ0n) is 11.7. The van der Waals surface area contributed by atoms with Crippen LogP contribution in [0.4, 0.5) is 4.39 Å². The Morgan fingerprint density at radius 1 is 1.42 bits per heavy atom. The summed E-state index contributed by atoms with van der Waals surface area (Å²) in [4.78, 5) is 16.3. The van der Waals surface area contributed by atoms with Crippen molar-refractivity contribution in [1.29, 1.82) is 0 Å². The molecule has 1 aromatic heterocycles. The van der Waals surface area contributed by atoms with E-state index in [0.29, 0.717) is 25.3 Å². The monoisotopic (exact) mass is 268 g/mol. The highest BCUT2D eigenvalue weighted by Gasteiger charge is 2.40. The van der Waals surface area contributed by atoms with Crippen molar-refractivity contribution in [3.8, 4) is 0 Å². The van der Waals surface area contributed by atoms with Gasteiger partial charge in [0.2, 0.25) is 0 Å². The first-order valence-corrected chi connectivity index (χ1v) is 6.65. The molecule has 1 unspecified atom stereocenters. The van der Waals surface area contributed by atoms with Crippen molar-refractivity contribution < 1.29 is 13.9 Å². The third kappa shape index (κ3) is 3.50. The Bertz CT molecular complexity index is 408. The number of carbonyl (C=O) groups is 1. The van der Waals surface area contributed by atoms with Crippen molar-refractivity contribution in [2.75, 3.05) is 13.2 Å². The number of rotatable bonds is 7. The molecule has 0 bridgehead atoms. The van der Waals surface area contributed by atoms with Crippen molar-refractivity contribution >= 4 is 5.97 Å². The van der Waals surface area contributed by atoms with Gasteiger partial charge in [-0.25, -0.2) is 9.18 Å². The van der Waals surface area contributed by atoms with E-state index >= 15 is 0 Å². The summed E-state index contributed by atoms with van der Waals surface area (Å²) in [7, 11) is 0. The van der Waals surface area contributed by atoms with Gasteiger partial charge in [-0.2, -0.15) is 0 Å². The Balaban J connectivity index is 3.14. The molecule has 1 aromatic rings. The number of aromatic nitrogens is 1. The molecule has 0 saturated heterocycles. The second-order valence-corrected chi connectivity index (χ2v) is 4.27. The van der Waals surface area contributed by atoms with Crippen LogP contribution in [-0.2, 0) is 15.1 Å². The molecule has 0 saturated carbocycles. The van der Waals surface area contributed by atoms with Crippen LogP contribution in [0.15, 0.2) is 18.3 Å². The fourth-order valence-corrected chi connectivity index (χ4v) is 1.94. The van der Waals surface area contributed by atoms with Crippen molar-refractivity contribution in [3.05, 3.63) is 29.8 Å². The van der Waals surface area contributed by atoms with Gasteiger partial charge in [0.15, 0.2) is 5.54 Å². The molecule has 106 valence electrons. The van der Waals surface area contributed by atoms with E-state index in [9.17, 15) is 9.18 Å². The number of hydrogen-bond donors (Lipinski definition) is 1. The summed E-state index contributed by atoms with van der Waals surface area (Å²) in [5.74, 6) is -0.793. The minimum Gasteiger partial charge on any atom is -0.464 e. The number of pyridine rings is 1. The summed E-state index contributed by atoms with van der Waals surface area (Å²) in [5, 5.41) is 3.19. The Kier molecular flexibility index (Phi) is 5.89. The van der Waals surface area contributed by atoms with Gasteiger partial charge in [-0.1, -0.05) is 13.8 Å². The lowest BCUT2D eigenvalue weighted by Gasteiger charge is -2.30. The maximum Gasteiger partial charge on any atom is 0.332 e. The predicted molar refractivity (Wildman–Crippen MR) is 71.1 cm³/mol. The highest BCUT2D eigenvalue weighted by atomic mass is 19.1. The minimum atomic E-state index is -1.00. The normalized spacial score (nSPS) is 13.9. The van der Waals surface area contributed by atoms with Crippen LogP contribution in [0.2, 0.25) is 0 Å². The molecule has 0 spiro atoms. The number of nitrogens with zero attached hydrogens (tertiary/aromatic N) is 1. The van der Waals surface area contributed by atoms with Gasteiger partial charge >= 0.3 is 5.97 Å². The van der Waals surface area contributed by atoms with Gasteiger partial charge in [-0.05, 0) is 38.4 Å². The van der Waals surface area contributed by atoms with E-state index < -0.39 is 11.4 Å². The summed E-state index contributed by atoms with van der Waals surface area (Å²) < 4.78 is 18.1. The van der Waals surface area contributed by atoms with E-state index in [4.69, 9.17) is 4.74 Å². The van der Waals surface area contributed by atoms with Gasteiger partial charge < -0.3 is 4.74 Å². The second-order valence-electron chi connectivity index (χ2n) is 4.27. The van der Waals surface area contributed by atoms with Crippen LogP contribution in [0.25, 0.3) is 0 Å². The molecule has 5 heteroatoms. The molecule has 19 heavy (non-hydrogen) atoms. The van der Waals surface area contributed by atoms with Gasteiger partial charge in [0.05, 0.1) is 18.5 Å². The number of ether oxygens (including phenoxy) is 1. The minimum absolute atomic E-state index is 0.301. The van der Waals surface area contributed by atoms with Gasteiger partial charge in [0.25, 0.3) is 0 Å². The van der Waals surface area contributed by atoms with Crippen LogP contribution in [-0.4, -0.2) is 24.1 Å². The average molecular weight is 268 g/mol. The van der Waals surface area contributed by atoms with Crippen LogP contribution in [0.5, 0.6) is 0 Å². The highest BCUT2D eigenvalue weighted by Crippen LogP contribution is 2.25. The first kappa shape index (κ1) is 15.6. The molecule has 1 atom stereocenters. The van der Waals surface area contributed by atoms with Gasteiger partial charge in [-0.3, -0.25) is 10.3 Å². The van der Waals surface area contributed by atoms with Gasteiger partial charge in [0, 0.05) is 0 Å². The molecule has 4 nitrogen and oxygen atoms in total. The fraction of sp³-hybridized carbons (Fsp3) is 0.571. The maximum atomic E-state index is 13.0. The average Bonchev–Trinajstić information content (AvgIpc) is 2.42. The highest BCUT2D eigenvalue weighted by molar-refractivity contribution is 5.82. The molecule has 1 rings (SSSR count). The molecule has 0 amide bonds. The lowest BCUT2D eigenvalue weighted by molar-refractivity contribution is -0.152. The number of carbonyl (C=O) groups excluding carboxylic acids is 1. The van der Waals surface area contributed by atoms with Gasteiger partial charge in [-0.15, -0.1) is 0 Å². The maximum absolute atomic E-state index is 13.0. The molecule has 0 radical (unpaired) electrons. The molecule has 0 aliphatic carbocycles. The first-order valence-electron chi connectivity index (χ1n) is 6.65. The van der Waals surface area contributed by atoms with E-state index in [1.807, 2.05) is 13.8 Å². The second kappa shape index (κ2) is 7.19. The van der Waals surface area contributed by atoms with Crippen LogP contribution < -0.4 is 5.32 Å². The third-order valence-corrected chi connectivity index (χ3v) is 3.00. The van der Waals surface area contributed by atoms with E-state index in [-0.39, 0.29) is 5.97 Å². The van der Waals surface area contributed by atoms with E-state index in [2.05, 4.69) is 10.3 Å². The zero-order chi connectivity index (χ0) is 14.3. The van der Waals surface area contributed by atoms with E-state index in [1.165, 1.54) is 12.1 Å². The molecule has 0 fully saturated rings. The van der Waals surface area contributed by atoms with Crippen molar-refractivity contribution in [2.45, 2.75) is 39.2 Å². The summed E-state index contributed by atoms with van der Waals surface area (Å²) in [6.07, 6.45) is 2.49. The van der Waals surface area contributed by atoms with Crippen LogP contribution in [0, 0.1) is 5.82 Å². The number of nitrogens with one attached hydrogen (secondary N) is 1. The van der Waals surface area contributed by atoms with Crippen LogP contribution in [0.3, 0.4) is 0 Å². The van der Waals surface area contributed by atoms with Crippen molar-refractivity contribution in [2.24, 2.45) is 0 Å². The smallest absolute Gasteiger partial charge is 0.332 e.